The predicted octanol–water partition coefficient (Wildman–Crippen LogP) is 20.3. The molecule has 0 spiro atoms. The van der Waals surface area contributed by atoms with Gasteiger partial charge in [-0.15, -0.1) is 0 Å². The first-order valence-corrected chi connectivity index (χ1v) is 32.6. The summed E-state index contributed by atoms with van der Waals surface area (Å²) in [6.45, 7) is 43.1. The van der Waals surface area contributed by atoms with Gasteiger partial charge in [0.05, 0.1) is 22.1 Å². The standard InChI is InChI=1S/C80H102O9/c1-21-73(9,10)66-39-33-61(75(13,14)60-35-40-67(54(7)49-60)86-69(81)58-28-26-29-59(50-58)71(83)89-80(20,24-4)25-5)51-57(66)30-27-44-77(17,23-3)65-38-34-62(48-53(65)6)76(15,16)79(19)47-43-68(55(8)52-79)87-72(84)78(18)45-41-64(42-46-78)85-63-36-31-56(32-37-63)70(82)88-74(11,12)22-2/h26,28-29,31-43,45,48-52H,21-25,27,30,44,46-47H2,1-20H3. The maximum absolute atomic E-state index is 13.9. The molecule has 5 aromatic rings. The van der Waals surface area contributed by atoms with Crippen molar-refractivity contribution in [3.05, 3.63) is 212 Å². The monoisotopic (exact) mass is 1210 g/mol. The summed E-state index contributed by atoms with van der Waals surface area (Å²) in [7, 11) is 0. The van der Waals surface area contributed by atoms with Crippen LogP contribution in [0.4, 0.5) is 0 Å². The molecule has 2 aliphatic rings. The number of hydrogen-bond donors (Lipinski definition) is 0. The number of rotatable bonds is 25. The Morgan fingerprint density at radius 1 is 0.562 bits per heavy atom. The first kappa shape index (κ1) is 69.2. The van der Waals surface area contributed by atoms with Crippen LogP contribution in [0.25, 0.3) is 0 Å². The van der Waals surface area contributed by atoms with Gasteiger partial charge in [0.15, 0.2) is 0 Å². The maximum Gasteiger partial charge on any atom is 0.343 e. The van der Waals surface area contributed by atoms with Crippen LogP contribution in [0.5, 0.6) is 11.5 Å². The van der Waals surface area contributed by atoms with Crippen molar-refractivity contribution >= 4 is 23.9 Å². The lowest BCUT2D eigenvalue weighted by Crippen LogP contribution is -2.39. The van der Waals surface area contributed by atoms with E-state index in [4.69, 9.17) is 23.7 Å². The molecule has 0 saturated heterocycles. The second kappa shape index (κ2) is 27.1. The van der Waals surface area contributed by atoms with Crippen LogP contribution in [0.15, 0.2) is 151 Å². The van der Waals surface area contributed by atoms with Crippen LogP contribution in [0.1, 0.15) is 258 Å². The average molecular weight is 1210 g/mol. The molecule has 9 heteroatoms. The van der Waals surface area contributed by atoms with E-state index in [0.29, 0.717) is 66.2 Å². The molecule has 0 N–H and O–H groups in total. The largest absolute Gasteiger partial charge is 0.458 e. The molecular formula is C80H102O9. The summed E-state index contributed by atoms with van der Waals surface area (Å²) >= 11 is 0. The second-order valence-corrected chi connectivity index (χ2v) is 28.8. The van der Waals surface area contributed by atoms with Crippen molar-refractivity contribution in [2.75, 3.05) is 0 Å². The van der Waals surface area contributed by atoms with E-state index in [1.807, 2.05) is 86.6 Å². The lowest BCUT2D eigenvalue weighted by Gasteiger charge is -2.45. The lowest BCUT2D eigenvalue weighted by molar-refractivity contribution is -0.147. The van der Waals surface area contributed by atoms with E-state index in [9.17, 15) is 19.2 Å². The van der Waals surface area contributed by atoms with Gasteiger partial charge < -0.3 is 23.7 Å². The van der Waals surface area contributed by atoms with Gasteiger partial charge in [-0.05, 0) is 251 Å². The minimum Gasteiger partial charge on any atom is -0.458 e. The van der Waals surface area contributed by atoms with Gasteiger partial charge in [-0.3, -0.25) is 4.79 Å². The molecule has 2 aliphatic carbocycles. The van der Waals surface area contributed by atoms with E-state index in [1.54, 1.807) is 48.5 Å². The van der Waals surface area contributed by atoms with Gasteiger partial charge in [-0.25, -0.2) is 14.4 Å². The number of esters is 4. The van der Waals surface area contributed by atoms with Crippen molar-refractivity contribution in [3.63, 3.8) is 0 Å². The van der Waals surface area contributed by atoms with Gasteiger partial charge in [0.1, 0.15) is 34.2 Å². The molecule has 5 aromatic carbocycles. The molecule has 0 saturated carbocycles. The molecule has 7 rings (SSSR count). The summed E-state index contributed by atoms with van der Waals surface area (Å²) in [4.78, 5) is 53.2. The highest BCUT2D eigenvalue weighted by Gasteiger charge is 2.44. The highest BCUT2D eigenvalue weighted by atomic mass is 16.6. The van der Waals surface area contributed by atoms with Crippen molar-refractivity contribution in [1.82, 2.24) is 0 Å². The molecule has 0 heterocycles. The van der Waals surface area contributed by atoms with E-state index in [2.05, 4.69) is 137 Å². The van der Waals surface area contributed by atoms with Crippen LogP contribution in [0.3, 0.4) is 0 Å². The third-order valence-corrected chi connectivity index (χ3v) is 20.9. The fourth-order valence-corrected chi connectivity index (χ4v) is 12.2. The van der Waals surface area contributed by atoms with Crippen LogP contribution in [0.2, 0.25) is 0 Å². The lowest BCUT2D eigenvalue weighted by atomic mass is 9.59. The van der Waals surface area contributed by atoms with Gasteiger partial charge in [0, 0.05) is 5.41 Å². The Morgan fingerprint density at radius 3 is 1.75 bits per heavy atom. The van der Waals surface area contributed by atoms with Gasteiger partial charge >= 0.3 is 23.9 Å². The van der Waals surface area contributed by atoms with Crippen LogP contribution >= 0.6 is 0 Å². The normalized spacial score (nSPS) is 18.0. The van der Waals surface area contributed by atoms with E-state index >= 15 is 0 Å². The van der Waals surface area contributed by atoms with Crippen molar-refractivity contribution in [1.29, 1.82) is 0 Å². The van der Waals surface area contributed by atoms with Gasteiger partial charge in [-0.2, -0.15) is 0 Å². The highest BCUT2D eigenvalue weighted by molar-refractivity contribution is 5.96. The summed E-state index contributed by atoms with van der Waals surface area (Å²) in [5, 5.41) is 0. The molecule has 9 nitrogen and oxygen atoms in total. The zero-order valence-electron chi connectivity index (χ0n) is 57.4. The number of benzene rings is 5. The first-order valence-electron chi connectivity index (χ1n) is 32.6. The molecule has 0 amide bonds. The quantitative estimate of drug-likeness (QED) is 0.0320. The summed E-state index contributed by atoms with van der Waals surface area (Å²) in [5.41, 5.74) is 9.07. The van der Waals surface area contributed by atoms with Crippen LogP contribution < -0.4 is 9.47 Å². The first-order chi connectivity index (χ1) is 41.6. The Balaban J connectivity index is 0.990. The zero-order chi connectivity index (χ0) is 65.7. The van der Waals surface area contributed by atoms with Gasteiger partial charge in [0.2, 0.25) is 0 Å². The summed E-state index contributed by atoms with van der Waals surface area (Å²) in [6, 6.07) is 33.8. The maximum atomic E-state index is 13.9. The highest BCUT2D eigenvalue weighted by Crippen LogP contribution is 2.50. The number of allylic oxidation sites excluding steroid dienone is 5. The number of carbonyl (C=O) groups is 4. The Morgan fingerprint density at radius 2 is 1.17 bits per heavy atom. The van der Waals surface area contributed by atoms with Gasteiger partial charge in [0.25, 0.3) is 0 Å². The number of ether oxygens (including phenoxy) is 5. The van der Waals surface area contributed by atoms with Crippen LogP contribution in [-0.4, -0.2) is 35.1 Å². The Labute approximate surface area is 533 Å². The van der Waals surface area contributed by atoms with Crippen LogP contribution in [-0.2, 0) is 47.1 Å². The smallest absolute Gasteiger partial charge is 0.343 e. The SMILES string of the molecule is CCC(C)(C)OC(=O)c1ccc(OC2=CCC(C)(C(=O)OC3=CCC(C)(C(C)(C)c4ccc(C(C)(CC)CCCc5cc(C(C)(C)c6ccc(OC(=O)c7cccc(C(=O)OC(C)(CC)CC)c7)c(C)c6)ccc5C(C)(C)CC)c(C)c4)C=C3C)C=C2)cc1. The third-order valence-electron chi connectivity index (χ3n) is 20.9. The summed E-state index contributed by atoms with van der Waals surface area (Å²) in [6.07, 6.45) is 18.2. The van der Waals surface area contributed by atoms with Gasteiger partial charge in [-0.1, -0.05) is 157 Å². The number of hydrogen-bond acceptors (Lipinski definition) is 9. The van der Waals surface area contributed by atoms with E-state index < -0.39 is 28.6 Å². The minimum atomic E-state index is -0.876. The Kier molecular flexibility index (Phi) is 21.0. The zero-order valence-corrected chi connectivity index (χ0v) is 57.4. The number of carbonyl (C=O) groups excluding carboxylic acids is 4. The minimum absolute atomic E-state index is 0.00220. The molecule has 0 radical (unpaired) electrons. The fourth-order valence-electron chi connectivity index (χ4n) is 12.2. The van der Waals surface area contributed by atoms with Crippen molar-refractivity contribution in [2.24, 2.45) is 10.8 Å². The predicted molar refractivity (Wildman–Crippen MR) is 361 cm³/mol. The molecular weight excluding hydrogens is 1100 g/mol. The van der Waals surface area contributed by atoms with Crippen molar-refractivity contribution < 1.29 is 42.9 Å². The molecule has 3 unspecified atom stereocenters. The van der Waals surface area contributed by atoms with Crippen molar-refractivity contribution in [2.45, 2.75) is 236 Å². The van der Waals surface area contributed by atoms with E-state index in [1.165, 1.54) is 33.4 Å². The molecule has 0 fully saturated rings. The fraction of sp³-hybridized carbons (Fsp3) is 0.475. The topological polar surface area (TPSA) is 114 Å². The molecule has 0 aromatic heterocycles. The Bertz CT molecular complexity index is 3560. The Hall–Kier alpha value is -7.26. The molecule has 476 valence electrons. The molecule has 0 aliphatic heterocycles. The third kappa shape index (κ3) is 15.5. The molecule has 3 atom stereocenters. The molecule has 0 bridgehead atoms. The summed E-state index contributed by atoms with van der Waals surface area (Å²) < 4.78 is 29.8. The average Bonchev–Trinajstić information content (AvgIpc) is 2.45. The van der Waals surface area contributed by atoms with Crippen molar-refractivity contribution in [3.8, 4) is 11.5 Å². The molecule has 89 heavy (non-hydrogen) atoms. The summed E-state index contributed by atoms with van der Waals surface area (Å²) in [5.74, 6) is 0.596. The van der Waals surface area contributed by atoms with Crippen LogP contribution in [0, 0.1) is 24.7 Å². The second-order valence-electron chi connectivity index (χ2n) is 28.8. The number of aryl methyl sites for hydroxylation is 3. The van der Waals surface area contributed by atoms with E-state index in [-0.39, 0.29) is 44.6 Å². The van der Waals surface area contributed by atoms with E-state index in [0.717, 1.165) is 48.8 Å².